The van der Waals surface area contributed by atoms with Crippen LogP contribution in [0.25, 0.3) is 11.1 Å². The minimum atomic E-state index is -1.01. The lowest BCUT2D eigenvalue weighted by Crippen LogP contribution is -2.54. The number of fused-ring (bicyclic) bond motifs is 3. The Morgan fingerprint density at radius 1 is 1.06 bits per heavy atom. The van der Waals surface area contributed by atoms with E-state index in [0.717, 1.165) is 35.1 Å². The summed E-state index contributed by atoms with van der Waals surface area (Å²) in [6.45, 7) is 2.09. The number of ether oxygens (including phenoxy) is 1. The lowest BCUT2D eigenvalue weighted by atomic mass is 9.98. The average molecular weight is 422 g/mol. The van der Waals surface area contributed by atoms with Crippen molar-refractivity contribution in [3.63, 3.8) is 0 Å². The van der Waals surface area contributed by atoms with Crippen molar-refractivity contribution in [3.05, 3.63) is 59.7 Å². The van der Waals surface area contributed by atoms with Crippen LogP contribution in [0.1, 0.15) is 43.2 Å². The number of alkyl carbamates (subject to hydrolysis) is 1. The van der Waals surface area contributed by atoms with Gasteiger partial charge in [-0.3, -0.25) is 4.79 Å². The summed E-state index contributed by atoms with van der Waals surface area (Å²) in [5.74, 6) is -1.48. The second kappa shape index (κ2) is 8.79. The molecule has 2 unspecified atom stereocenters. The molecule has 1 heterocycles. The molecule has 1 aliphatic heterocycles. The Labute approximate surface area is 181 Å². The Morgan fingerprint density at radius 2 is 1.68 bits per heavy atom. The molecule has 2 aromatic rings. The van der Waals surface area contributed by atoms with Crippen LogP contribution in [0.3, 0.4) is 0 Å². The van der Waals surface area contributed by atoms with Gasteiger partial charge in [-0.2, -0.15) is 0 Å². The molecule has 0 radical (unpaired) electrons. The highest BCUT2D eigenvalue weighted by Crippen LogP contribution is 2.44. The second-order valence-electron chi connectivity index (χ2n) is 8.07. The Hall–Kier alpha value is -3.35. The van der Waals surface area contributed by atoms with Gasteiger partial charge in [0, 0.05) is 12.5 Å². The first kappa shape index (κ1) is 20.9. The zero-order chi connectivity index (χ0) is 22.0. The van der Waals surface area contributed by atoms with Gasteiger partial charge in [0.1, 0.15) is 18.7 Å². The molecule has 0 spiro atoms. The van der Waals surface area contributed by atoms with Crippen LogP contribution < -0.4 is 5.32 Å². The third-order valence-electron chi connectivity index (χ3n) is 6.12. The van der Waals surface area contributed by atoms with E-state index in [2.05, 4.69) is 17.4 Å². The fourth-order valence-electron chi connectivity index (χ4n) is 4.58. The van der Waals surface area contributed by atoms with Gasteiger partial charge in [0.25, 0.3) is 0 Å². The standard InChI is InChI=1S/C24H26N2O5/c1-15(22(27)26-13-7-6-12-21(26)23(28)29)25-24(30)31-14-20-18-10-4-2-8-16(18)17-9-3-5-11-19(17)20/h2-5,8-11,15,20-21H,6-7,12-14H2,1H3,(H,25,30)(H,28,29). The fourth-order valence-corrected chi connectivity index (χ4v) is 4.58. The number of nitrogens with zero attached hydrogens (tertiary/aromatic N) is 1. The maximum Gasteiger partial charge on any atom is 0.407 e. The number of rotatable bonds is 5. The monoisotopic (exact) mass is 422 g/mol. The van der Waals surface area contributed by atoms with E-state index in [0.29, 0.717) is 13.0 Å². The van der Waals surface area contributed by atoms with E-state index in [1.807, 2.05) is 36.4 Å². The van der Waals surface area contributed by atoms with Crippen LogP contribution in [0.2, 0.25) is 0 Å². The number of carbonyl (C=O) groups is 3. The Morgan fingerprint density at radius 3 is 2.29 bits per heavy atom. The number of benzene rings is 2. The van der Waals surface area contributed by atoms with E-state index in [4.69, 9.17) is 4.74 Å². The van der Waals surface area contributed by atoms with Crippen molar-refractivity contribution in [2.24, 2.45) is 0 Å². The SMILES string of the molecule is CC(NC(=O)OCC1c2ccccc2-c2ccccc21)C(=O)N1CCCCC1C(=O)O. The highest BCUT2D eigenvalue weighted by molar-refractivity contribution is 5.89. The van der Waals surface area contributed by atoms with Gasteiger partial charge in [-0.1, -0.05) is 48.5 Å². The van der Waals surface area contributed by atoms with Gasteiger partial charge >= 0.3 is 12.1 Å². The number of hydrogen-bond acceptors (Lipinski definition) is 4. The van der Waals surface area contributed by atoms with Crippen molar-refractivity contribution in [1.29, 1.82) is 0 Å². The highest BCUT2D eigenvalue weighted by atomic mass is 16.5. The predicted molar refractivity (Wildman–Crippen MR) is 115 cm³/mol. The third-order valence-corrected chi connectivity index (χ3v) is 6.12. The van der Waals surface area contributed by atoms with Crippen LogP contribution in [0.15, 0.2) is 48.5 Å². The summed E-state index contributed by atoms with van der Waals surface area (Å²) in [7, 11) is 0. The Bertz CT molecular complexity index is 959. The summed E-state index contributed by atoms with van der Waals surface area (Å²) in [5, 5.41) is 11.9. The molecule has 0 saturated carbocycles. The minimum absolute atomic E-state index is 0.0670. The van der Waals surface area contributed by atoms with Crippen molar-refractivity contribution >= 4 is 18.0 Å². The maximum absolute atomic E-state index is 12.7. The fraction of sp³-hybridized carbons (Fsp3) is 0.375. The largest absolute Gasteiger partial charge is 0.480 e. The molecule has 2 aromatic carbocycles. The molecule has 0 aromatic heterocycles. The van der Waals surface area contributed by atoms with Crippen molar-refractivity contribution < 1.29 is 24.2 Å². The molecular weight excluding hydrogens is 396 g/mol. The lowest BCUT2D eigenvalue weighted by molar-refractivity contribution is -0.152. The normalized spacial score (nSPS) is 18.6. The van der Waals surface area contributed by atoms with E-state index in [1.165, 1.54) is 4.90 Å². The number of amides is 2. The summed E-state index contributed by atoms with van der Waals surface area (Å²) in [6.07, 6.45) is 1.27. The van der Waals surface area contributed by atoms with E-state index >= 15 is 0 Å². The summed E-state index contributed by atoms with van der Waals surface area (Å²) in [5.41, 5.74) is 4.50. The first-order valence-corrected chi connectivity index (χ1v) is 10.6. The molecule has 4 rings (SSSR count). The molecule has 2 aliphatic rings. The van der Waals surface area contributed by atoms with Crippen LogP contribution in [-0.2, 0) is 14.3 Å². The molecule has 162 valence electrons. The summed E-state index contributed by atoms with van der Waals surface area (Å²) in [6, 6.07) is 14.4. The molecular formula is C24H26N2O5. The molecule has 1 saturated heterocycles. The van der Waals surface area contributed by atoms with E-state index in [9.17, 15) is 19.5 Å². The molecule has 7 nitrogen and oxygen atoms in total. The van der Waals surface area contributed by atoms with Crippen molar-refractivity contribution in [2.45, 2.75) is 44.2 Å². The molecule has 0 bridgehead atoms. The Kier molecular flexibility index (Phi) is 5.93. The number of aliphatic carboxylic acids is 1. The number of piperidine rings is 1. The number of carboxylic acid groups (broad SMARTS) is 1. The summed E-state index contributed by atoms with van der Waals surface area (Å²) >= 11 is 0. The van der Waals surface area contributed by atoms with Gasteiger partial charge in [0.2, 0.25) is 5.91 Å². The predicted octanol–water partition coefficient (Wildman–Crippen LogP) is 3.38. The van der Waals surface area contributed by atoms with Gasteiger partial charge in [-0.15, -0.1) is 0 Å². The summed E-state index contributed by atoms with van der Waals surface area (Å²) in [4.78, 5) is 38.0. The highest BCUT2D eigenvalue weighted by Gasteiger charge is 2.35. The van der Waals surface area contributed by atoms with Crippen molar-refractivity contribution in [3.8, 4) is 11.1 Å². The van der Waals surface area contributed by atoms with Crippen LogP contribution in [0.5, 0.6) is 0 Å². The van der Waals surface area contributed by atoms with Crippen molar-refractivity contribution in [1.82, 2.24) is 10.2 Å². The number of carboxylic acids is 1. The molecule has 31 heavy (non-hydrogen) atoms. The first-order chi connectivity index (χ1) is 15.0. The quantitative estimate of drug-likeness (QED) is 0.770. The number of hydrogen-bond donors (Lipinski definition) is 2. The minimum Gasteiger partial charge on any atom is -0.480 e. The number of likely N-dealkylation sites (tertiary alicyclic amines) is 1. The van der Waals surface area contributed by atoms with Crippen LogP contribution in [0.4, 0.5) is 4.79 Å². The van der Waals surface area contributed by atoms with Gasteiger partial charge in [-0.05, 0) is 48.4 Å². The molecule has 2 atom stereocenters. The van der Waals surface area contributed by atoms with Gasteiger partial charge in [-0.25, -0.2) is 9.59 Å². The number of nitrogens with one attached hydrogen (secondary N) is 1. The smallest absolute Gasteiger partial charge is 0.407 e. The first-order valence-electron chi connectivity index (χ1n) is 10.6. The maximum atomic E-state index is 12.7. The Balaban J connectivity index is 1.38. The zero-order valence-corrected chi connectivity index (χ0v) is 17.4. The lowest BCUT2D eigenvalue weighted by Gasteiger charge is -2.34. The van der Waals surface area contributed by atoms with Crippen molar-refractivity contribution in [2.75, 3.05) is 13.2 Å². The van der Waals surface area contributed by atoms with Crippen LogP contribution >= 0.6 is 0 Å². The molecule has 7 heteroatoms. The molecule has 1 aliphatic carbocycles. The van der Waals surface area contributed by atoms with E-state index in [-0.39, 0.29) is 12.5 Å². The van der Waals surface area contributed by atoms with E-state index in [1.54, 1.807) is 6.92 Å². The molecule has 2 amide bonds. The average Bonchev–Trinajstić information content (AvgIpc) is 3.11. The van der Waals surface area contributed by atoms with Gasteiger partial charge in [0.15, 0.2) is 0 Å². The van der Waals surface area contributed by atoms with Gasteiger partial charge < -0.3 is 20.1 Å². The summed E-state index contributed by atoms with van der Waals surface area (Å²) < 4.78 is 5.49. The van der Waals surface area contributed by atoms with Gasteiger partial charge in [0.05, 0.1) is 0 Å². The topological polar surface area (TPSA) is 95.9 Å². The third kappa shape index (κ3) is 4.13. The zero-order valence-electron chi connectivity index (χ0n) is 17.4. The van der Waals surface area contributed by atoms with Crippen LogP contribution in [-0.4, -0.2) is 53.2 Å². The second-order valence-corrected chi connectivity index (χ2v) is 8.07. The molecule has 1 fully saturated rings. The van der Waals surface area contributed by atoms with E-state index < -0.39 is 30.1 Å². The number of carbonyl (C=O) groups excluding carboxylic acids is 2. The van der Waals surface area contributed by atoms with Crippen LogP contribution in [0, 0.1) is 0 Å². The molecule has 2 N–H and O–H groups in total.